The number of para-hydroxylation sites is 2. The van der Waals surface area contributed by atoms with Gasteiger partial charge in [0.15, 0.2) is 17.3 Å². The van der Waals surface area contributed by atoms with E-state index in [1.807, 2.05) is 61.5 Å². The second-order valence-electron chi connectivity index (χ2n) is 5.81. The molecular weight excluding hydrogens is 330 g/mol. The molecule has 0 aliphatic carbocycles. The molecule has 1 N–H and O–H groups in total. The number of methoxy groups -OCH3 is 1. The first-order valence-corrected chi connectivity index (χ1v) is 8.37. The number of carbonyl (C=O) groups excluding carboxylic acids is 1. The lowest BCUT2D eigenvalue weighted by Gasteiger charge is -2.13. The van der Waals surface area contributed by atoms with Crippen LogP contribution in [0.4, 0.5) is 0 Å². The van der Waals surface area contributed by atoms with E-state index in [4.69, 9.17) is 13.9 Å². The minimum Gasteiger partial charge on any atom is -0.493 e. The summed E-state index contributed by atoms with van der Waals surface area (Å²) in [6, 6.07) is 20.4. The number of hydrogen-bond acceptors (Lipinski definition) is 4. The Kier molecular flexibility index (Phi) is 5.59. The molecule has 1 atom stereocenters. The highest BCUT2D eigenvalue weighted by molar-refractivity contribution is 5.91. The summed E-state index contributed by atoms with van der Waals surface area (Å²) in [7, 11) is 1.59. The summed E-state index contributed by atoms with van der Waals surface area (Å²) in [6.07, 6.45) is 0. The first-order chi connectivity index (χ1) is 12.7. The minimum atomic E-state index is -0.259. The van der Waals surface area contributed by atoms with E-state index in [-0.39, 0.29) is 24.3 Å². The average Bonchev–Trinajstić information content (AvgIpc) is 3.16. The normalized spacial score (nSPS) is 11.6. The molecule has 2 aromatic carbocycles. The number of hydrogen-bond donors (Lipinski definition) is 1. The van der Waals surface area contributed by atoms with Gasteiger partial charge in [-0.2, -0.15) is 0 Å². The predicted octanol–water partition coefficient (Wildman–Crippen LogP) is 4.36. The van der Waals surface area contributed by atoms with E-state index in [1.165, 1.54) is 0 Å². The average molecular weight is 351 g/mol. The second-order valence-corrected chi connectivity index (χ2v) is 5.81. The fourth-order valence-corrected chi connectivity index (χ4v) is 2.56. The number of rotatable bonds is 7. The van der Waals surface area contributed by atoms with Crippen LogP contribution in [0.3, 0.4) is 0 Å². The summed E-state index contributed by atoms with van der Waals surface area (Å²) in [5.74, 6) is 1.83. The van der Waals surface area contributed by atoms with Gasteiger partial charge in [-0.15, -0.1) is 0 Å². The van der Waals surface area contributed by atoms with Crippen molar-refractivity contribution in [1.29, 1.82) is 0 Å². The Labute approximate surface area is 152 Å². The van der Waals surface area contributed by atoms with Crippen molar-refractivity contribution in [3.8, 4) is 11.5 Å². The third-order valence-electron chi connectivity index (χ3n) is 3.97. The second kappa shape index (κ2) is 8.25. The van der Waals surface area contributed by atoms with Gasteiger partial charge in [0.05, 0.1) is 13.2 Å². The molecule has 1 aromatic heterocycles. The highest BCUT2D eigenvalue weighted by Crippen LogP contribution is 2.26. The van der Waals surface area contributed by atoms with E-state index in [0.29, 0.717) is 17.3 Å². The molecule has 0 radical (unpaired) electrons. The number of benzene rings is 2. The lowest BCUT2D eigenvalue weighted by atomic mass is 10.1. The third kappa shape index (κ3) is 4.25. The maximum Gasteiger partial charge on any atom is 0.287 e. The molecule has 0 saturated heterocycles. The summed E-state index contributed by atoms with van der Waals surface area (Å²) < 4.78 is 16.5. The highest BCUT2D eigenvalue weighted by atomic mass is 16.5. The number of carbonyl (C=O) groups is 1. The Balaban J connectivity index is 1.59. The zero-order valence-corrected chi connectivity index (χ0v) is 14.8. The van der Waals surface area contributed by atoms with E-state index in [0.717, 1.165) is 5.56 Å². The lowest BCUT2D eigenvalue weighted by Crippen LogP contribution is -2.26. The van der Waals surface area contributed by atoms with Crippen LogP contribution in [-0.2, 0) is 6.61 Å². The summed E-state index contributed by atoms with van der Waals surface area (Å²) in [5.41, 5.74) is 1.03. The van der Waals surface area contributed by atoms with Gasteiger partial charge in [0.1, 0.15) is 12.4 Å². The van der Waals surface area contributed by atoms with Gasteiger partial charge >= 0.3 is 0 Å². The van der Waals surface area contributed by atoms with E-state index in [1.54, 1.807) is 19.2 Å². The van der Waals surface area contributed by atoms with Gasteiger partial charge in [-0.1, -0.05) is 42.5 Å². The largest absolute Gasteiger partial charge is 0.493 e. The van der Waals surface area contributed by atoms with Crippen molar-refractivity contribution in [3.63, 3.8) is 0 Å². The van der Waals surface area contributed by atoms with Crippen LogP contribution >= 0.6 is 0 Å². The highest BCUT2D eigenvalue weighted by Gasteiger charge is 2.15. The Bertz CT molecular complexity index is 857. The van der Waals surface area contributed by atoms with Gasteiger partial charge in [-0.3, -0.25) is 4.79 Å². The van der Waals surface area contributed by atoms with Crippen molar-refractivity contribution in [2.24, 2.45) is 0 Å². The van der Waals surface area contributed by atoms with Crippen LogP contribution < -0.4 is 14.8 Å². The van der Waals surface area contributed by atoms with Crippen LogP contribution in [0.25, 0.3) is 0 Å². The maximum atomic E-state index is 12.4. The SMILES string of the molecule is COc1ccccc1OCc1ccc(C(=O)N[C@@H](C)c2ccccc2)o1. The van der Waals surface area contributed by atoms with Gasteiger partial charge in [0.2, 0.25) is 0 Å². The van der Waals surface area contributed by atoms with Gasteiger partial charge in [0, 0.05) is 0 Å². The first kappa shape index (κ1) is 17.6. The maximum absolute atomic E-state index is 12.4. The molecule has 5 nitrogen and oxygen atoms in total. The molecule has 0 aliphatic heterocycles. The molecule has 0 fully saturated rings. The summed E-state index contributed by atoms with van der Waals surface area (Å²) in [5, 5.41) is 2.92. The topological polar surface area (TPSA) is 60.7 Å². The van der Waals surface area contributed by atoms with Gasteiger partial charge in [0.25, 0.3) is 5.91 Å². The molecule has 0 aliphatic rings. The van der Waals surface area contributed by atoms with Crippen molar-refractivity contribution < 1.29 is 18.7 Å². The Morgan fingerprint density at radius 2 is 1.69 bits per heavy atom. The van der Waals surface area contributed by atoms with Crippen LogP contribution in [0.5, 0.6) is 11.5 Å². The summed E-state index contributed by atoms with van der Waals surface area (Å²) in [6.45, 7) is 2.14. The molecule has 0 bridgehead atoms. The molecule has 5 heteroatoms. The molecule has 26 heavy (non-hydrogen) atoms. The van der Waals surface area contributed by atoms with Crippen molar-refractivity contribution in [3.05, 3.63) is 83.8 Å². The lowest BCUT2D eigenvalue weighted by molar-refractivity contribution is 0.0907. The van der Waals surface area contributed by atoms with Gasteiger partial charge in [-0.05, 0) is 36.8 Å². The standard InChI is InChI=1S/C21H21NO4/c1-15(16-8-4-3-5-9-16)22-21(23)20-13-12-17(26-20)14-25-19-11-7-6-10-18(19)24-2/h3-13,15H,14H2,1-2H3,(H,22,23)/t15-/m0/s1. The van der Waals surface area contributed by atoms with E-state index in [9.17, 15) is 4.79 Å². The monoisotopic (exact) mass is 351 g/mol. The quantitative estimate of drug-likeness (QED) is 0.687. The van der Waals surface area contributed by atoms with Crippen molar-refractivity contribution in [1.82, 2.24) is 5.32 Å². The van der Waals surface area contributed by atoms with E-state index in [2.05, 4.69) is 5.32 Å². The van der Waals surface area contributed by atoms with Gasteiger partial charge < -0.3 is 19.2 Å². The van der Waals surface area contributed by atoms with E-state index < -0.39 is 0 Å². The zero-order valence-electron chi connectivity index (χ0n) is 14.8. The van der Waals surface area contributed by atoms with Crippen LogP contribution in [0.1, 0.15) is 34.8 Å². The number of amides is 1. The molecule has 0 spiro atoms. The number of furan rings is 1. The van der Waals surface area contributed by atoms with Crippen molar-refractivity contribution >= 4 is 5.91 Å². The fraction of sp³-hybridized carbons (Fsp3) is 0.190. The molecule has 1 heterocycles. The Morgan fingerprint density at radius 3 is 2.42 bits per heavy atom. The Morgan fingerprint density at radius 1 is 1.00 bits per heavy atom. The predicted molar refractivity (Wildman–Crippen MR) is 98.4 cm³/mol. The minimum absolute atomic E-state index is 0.109. The molecule has 3 aromatic rings. The summed E-state index contributed by atoms with van der Waals surface area (Å²) >= 11 is 0. The molecule has 134 valence electrons. The summed E-state index contributed by atoms with van der Waals surface area (Å²) in [4.78, 5) is 12.4. The fourth-order valence-electron chi connectivity index (χ4n) is 2.56. The molecule has 3 rings (SSSR count). The molecular formula is C21H21NO4. The third-order valence-corrected chi connectivity index (χ3v) is 3.97. The molecule has 0 saturated carbocycles. The van der Waals surface area contributed by atoms with Gasteiger partial charge in [-0.25, -0.2) is 0 Å². The Hall–Kier alpha value is -3.21. The number of ether oxygens (including phenoxy) is 2. The van der Waals surface area contributed by atoms with Crippen molar-refractivity contribution in [2.45, 2.75) is 19.6 Å². The number of nitrogens with one attached hydrogen (secondary N) is 1. The molecule has 0 unspecified atom stereocenters. The van der Waals surface area contributed by atoms with Crippen LogP contribution in [-0.4, -0.2) is 13.0 Å². The van der Waals surface area contributed by atoms with Crippen LogP contribution in [0, 0.1) is 0 Å². The zero-order chi connectivity index (χ0) is 18.4. The van der Waals surface area contributed by atoms with Crippen molar-refractivity contribution in [2.75, 3.05) is 7.11 Å². The van der Waals surface area contributed by atoms with E-state index >= 15 is 0 Å². The smallest absolute Gasteiger partial charge is 0.287 e. The molecule has 1 amide bonds. The van der Waals surface area contributed by atoms with Crippen LogP contribution in [0.15, 0.2) is 71.1 Å². The van der Waals surface area contributed by atoms with Crippen LogP contribution in [0.2, 0.25) is 0 Å². The first-order valence-electron chi connectivity index (χ1n) is 8.37.